The highest BCUT2D eigenvalue weighted by Gasteiger charge is 2.32. The molecule has 2 aromatic rings. The monoisotopic (exact) mass is 498 g/mol. The highest BCUT2D eigenvalue weighted by molar-refractivity contribution is 7.52. The third-order valence-corrected chi connectivity index (χ3v) is 6.70. The standard InChI is InChI=1S/C23H26F3N2O5P/c1-16-11-20(19-9-7-17(15-29)8-10-19)13-22(27-34(30,31-2)32-3)28(16)14-18-5-4-6-21(12-18)33-23(24,25)26/h4-12,16,29H,13-15H2,1-3H3/b27-22-. The Morgan fingerprint density at radius 1 is 1.12 bits per heavy atom. The molecule has 2 aromatic carbocycles. The molecule has 1 aliphatic heterocycles. The lowest BCUT2D eigenvalue weighted by molar-refractivity contribution is -0.274. The predicted molar refractivity (Wildman–Crippen MR) is 122 cm³/mol. The van der Waals surface area contributed by atoms with Gasteiger partial charge in [-0.15, -0.1) is 13.2 Å². The van der Waals surface area contributed by atoms with Crippen molar-refractivity contribution in [1.82, 2.24) is 4.90 Å². The van der Waals surface area contributed by atoms with Gasteiger partial charge in [-0.25, -0.2) is 4.57 Å². The van der Waals surface area contributed by atoms with Gasteiger partial charge in [0.15, 0.2) is 0 Å². The Hall–Kier alpha value is -2.65. The van der Waals surface area contributed by atoms with Crippen LogP contribution in [0.5, 0.6) is 5.75 Å². The Kier molecular flexibility index (Phi) is 8.20. The van der Waals surface area contributed by atoms with Gasteiger partial charge in [0.2, 0.25) is 0 Å². The Labute approximate surface area is 196 Å². The van der Waals surface area contributed by atoms with Gasteiger partial charge in [-0.3, -0.25) is 9.05 Å². The molecule has 1 unspecified atom stereocenters. The van der Waals surface area contributed by atoms with Crippen molar-refractivity contribution < 1.29 is 36.6 Å². The molecule has 0 fully saturated rings. The quantitative estimate of drug-likeness (QED) is 0.481. The highest BCUT2D eigenvalue weighted by Crippen LogP contribution is 2.49. The van der Waals surface area contributed by atoms with Crippen molar-refractivity contribution in [3.63, 3.8) is 0 Å². The Bertz CT molecular complexity index is 1090. The van der Waals surface area contributed by atoms with Crippen LogP contribution < -0.4 is 4.74 Å². The van der Waals surface area contributed by atoms with E-state index in [9.17, 15) is 22.8 Å². The van der Waals surface area contributed by atoms with Crippen molar-refractivity contribution in [2.75, 3.05) is 14.2 Å². The maximum Gasteiger partial charge on any atom is 0.573 e. The molecule has 0 spiro atoms. The number of benzene rings is 2. The number of aliphatic hydroxyl groups is 1. The van der Waals surface area contributed by atoms with Gasteiger partial charge in [-0.1, -0.05) is 42.5 Å². The molecule has 0 radical (unpaired) electrons. The number of alkyl halides is 3. The Balaban J connectivity index is 1.97. The summed E-state index contributed by atoms with van der Waals surface area (Å²) in [5, 5.41) is 9.29. The molecule has 0 saturated heterocycles. The largest absolute Gasteiger partial charge is 0.573 e. The Morgan fingerprint density at radius 2 is 1.79 bits per heavy atom. The SMILES string of the molecule is COP(=O)(/N=C1/CC(c2ccc(CO)cc2)=CC(C)N1Cc1cccc(OC(F)(F)F)c1)OC. The van der Waals surface area contributed by atoms with E-state index in [0.717, 1.165) is 16.7 Å². The number of halogens is 3. The van der Waals surface area contributed by atoms with Gasteiger partial charge in [-0.2, -0.15) is 4.76 Å². The third-order valence-electron chi connectivity index (χ3n) is 5.31. The molecular formula is C23H26F3N2O5P. The van der Waals surface area contributed by atoms with Crippen LogP contribution in [0.4, 0.5) is 13.2 Å². The van der Waals surface area contributed by atoms with Gasteiger partial charge in [0.05, 0.1) is 6.61 Å². The van der Waals surface area contributed by atoms with Crippen LogP contribution in [0.3, 0.4) is 0 Å². The van der Waals surface area contributed by atoms with E-state index in [1.54, 1.807) is 6.07 Å². The molecule has 3 rings (SSSR count). The summed E-state index contributed by atoms with van der Waals surface area (Å²) >= 11 is 0. The summed E-state index contributed by atoms with van der Waals surface area (Å²) < 4.78 is 69.0. The summed E-state index contributed by atoms with van der Waals surface area (Å²) in [5.41, 5.74) is 3.14. The molecule has 1 aliphatic rings. The van der Waals surface area contributed by atoms with Gasteiger partial charge in [-0.05, 0) is 41.3 Å². The van der Waals surface area contributed by atoms with Crippen LogP contribution in [0.25, 0.3) is 5.57 Å². The second kappa shape index (κ2) is 10.7. The predicted octanol–water partition coefficient (Wildman–Crippen LogP) is 5.55. The smallest absolute Gasteiger partial charge is 0.406 e. The maximum absolute atomic E-state index is 12.8. The molecule has 184 valence electrons. The fraction of sp³-hybridized carbons (Fsp3) is 0.348. The van der Waals surface area contributed by atoms with Crippen LogP contribution in [-0.2, 0) is 26.8 Å². The van der Waals surface area contributed by atoms with Gasteiger partial charge in [0, 0.05) is 33.2 Å². The van der Waals surface area contributed by atoms with E-state index in [-0.39, 0.29) is 31.4 Å². The highest BCUT2D eigenvalue weighted by atomic mass is 31.2. The number of ether oxygens (including phenoxy) is 1. The van der Waals surface area contributed by atoms with Crippen LogP contribution in [0, 0.1) is 0 Å². The van der Waals surface area contributed by atoms with Gasteiger partial charge < -0.3 is 14.7 Å². The minimum Gasteiger partial charge on any atom is -0.406 e. The van der Waals surface area contributed by atoms with Crippen molar-refractivity contribution in [3.8, 4) is 5.75 Å². The average Bonchev–Trinajstić information content (AvgIpc) is 2.80. The van der Waals surface area contributed by atoms with Crippen LogP contribution in [0.15, 0.2) is 59.4 Å². The Morgan fingerprint density at radius 3 is 2.38 bits per heavy atom. The molecule has 11 heteroatoms. The normalized spacial score (nSPS) is 18.2. The minimum atomic E-state index is -4.80. The number of nitrogens with zero attached hydrogens (tertiary/aromatic N) is 2. The molecule has 7 nitrogen and oxygen atoms in total. The molecule has 1 heterocycles. The first kappa shape index (κ1) is 26.0. The van der Waals surface area contributed by atoms with E-state index in [2.05, 4.69) is 9.50 Å². The maximum atomic E-state index is 12.8. The molecule has 34 heavy (non-hydrogen) atoms. The second-order valence-corrected chi connectivity index (χ2v) is 9.50. The fourth-order valence-electron chi connectivity index (χ4n) is 3.63. The topological polar surface area (TPSA) is 80.6 Å². The van der Waals surface area contributed by atoms with Crippen LogP contribution in [-0.4, -0.2) is 42.5 Å². The summed E-state index contributed by atoms with van der Waals surface area (Å²) in [6.07, 6.45) is -2.50. The second-order valence-electron chi connectivity index (χ2n) is 7.64. The van der Waals surface area contributed by atoms with Crippen molar-refractivity contribution in [2.45, 2.75) is 38.9 Å². The summed E-state index contributed by atoms with van der Waals surface area (Å²) in [6, 6.07) is 12.8. The number of hydrogen-bond acceptors (Lipinski definition) is 5. The molecular weight excluding hydrogens is 472 g/mol. The third kappa shape index (κ3) is 6.70. The molecule has 0 amide bonds. The van der Waals surface area contributed by atoms with Gasteiger partial charge in [0.25, 0.3) is 0 Å². The zero-order valence-electron chi connectivity index (χ0n) is 19.0. The molecule has 1 N–H and O–H groups in total. The van der Waals surface area contributed by atoms with E-state index >= 15 is 0 Å². The molecule has 0 saturated carbocycles. The lowest BCUT2D eigenvalue weighted by atomic mass is 9.94. The van der Waals surface area contributed by atoms with Crippen molar-refractivity contribution >= 4 is 19.2 Å². The van der Waals surface area contributed by atoms with Crippen molar-refractivity contribution in [2.24, 2.45) is 4.76 Å². The van der Waals surface area contributed by atoms with Crippen LogP contribution in [0.1, 0.15) is 30.0 Å². The summed E-state index contributed by atoms with van der Waals surface area (Å²) in [7, 11) is -1.32. The first-order valence-electron chi connectivity index (χ1n) is 10.4. The summed E-state index contributed by atoms with van der Waals surface area (Å²) in [6.45, 7) is 2.02. The summed E-state index contributed by atoms with van der Waals surface area (Å²) in [4.78, 5) is 1.82. The molecule has 1 atom stereocenters. The molecule has 0 bridgehead atoms. The zero-order chi connectivity index (χ0) is 24.9. The first-order chi connectivity index (χ1) is 16.1. The van der Waals surface area contributed by atoms with E-state index < -0.39 is 14.1 Å². The lowest BCUT2D eigenvalue weighted by Gasteiger charge is -2.36. The number of rotatable bonds is 8. The van der Waals surface area contributed by atoms with E-state index in [4.69, 9.17) is 9.05 Å². The average molecular weight is 498 g/mol. The van der Waals surface area contributed by atoms with E-state index in [1.807, 2.05) is 42.2 Å². The summed E-state index contributed by atoms with van der Waals surface area (Å²) in [5.74, 6) is 0.0817. The number of amidine groups is 1. The molecule has 0 aromatic heterocycles. The number of hydrogen-bond donors (Lipinski definition) is 1. The van der Waals surface area contributed by atoms with Crippen LogP contribution in [0.2, 0.25) is 0 Å². The fourth-order valence-corrected chi connectivity index (χ4v) is 4.41. The first-order valence-corrected chi connectivity index (χ1v) is 11.9. The van der Waals surface area contributed by atoms with E-state index in [0.29, 0.717) is 11.4 Å². The van der Waals surface area contributed by atoms with Crippen LogP contribution >= 0.6 is 7.75 Å². The van der Waals surface area contributed by atoms with Crippen molar-refractivity contribution in [3.05, 3.63) is 71.3 Å². The lowest BCUT2D eigenvalue weighted by Crippen LogP contribution is -2.40. The zero-order valence-corrected chi connectivity index (χ0v) is 19.8. The van der Waals surface area contributed by atoms with Gasteiger partial charge in [0.1, 0.15) is 11.6 Å². The van der Waals surface area contributed by atoms with E-state index in [1.165, 1.54) is 32.4 Å². The minimum absolute atomic E-state index is 0.0712. The van der Waals surface area contributed by atoms with Crippen molar-refractivity contribution in [1.29, 1.82) is 0 Å². The van der Waals surface area contributed by atoms with Gasteiger partial charge >= 0.3 is 14.1 Å². The molecule has 0 aliphatic carbocycles. The number of aliphatic hydroxyl groups excluding tert-OH is 1.